The Morgan fingerprint density at radius 2 is 2.11 bits per heavy atom. The van der Waals surface area contributed by atoms with Crippen molar-refractivity contribution in [2.75, 3.05) is 19.6 Å². The van der Waals surface area contributed by atoms with Crippen LogP contribution in [0.2, 0.25) is 0 Å². The molecule has 0 aromatic carbocycles. The largest absolute Gasteiger partial charge is 0.312 e. The molecular formula is C16H26N2S. The van der Waals surface area contributed by atoms with Crippen LogP contribution in [0.5, 0.6) is 0 Å². The zero-order valence-electron chi connectivity index (χ0n) is 11.8. The first-order valence-electron chi connectivity index (χ1n) is 7.88. The zero-order valence-corrected chi connectivity index (χ0v) is 12.6. The van der Waals surface area contributed by atoms with Crippen molar-refractivity contribution in [3.8, 4) is 0 Å². The summed E-state index contributed by atoms with van der Waals surface area (Å²) in [5.74, 6) is 0.928. The molecule has 1 atom stereocenters. The summed E-state index contributed by atoms with van der Waals surface area (Å²) in [7, 11) is 0. The number of nitrogens with one attached hydrogen (secondary N) is 1. The molecule has 2 nitrogen and oxygen atoms in total. The molecule has 0 amide bonds. The van der Waals surface area contributed by atoms with Crippen molar-refractivity contribution in [3.63, 3.8) is 0 Å². The first-order valence-corrected chi connectivity index (χ1v) is 8.83. The second-order valence-electron chi connectivity index (χ2n) is 6.18. The topological polar surface area (TPSA) is 15.3 Å². The predicted octanol–water partition coefficient (Wildman–Crippen LogP) is 3.49. The maximum atomic E-state index is 3.82. The van der Waals surface area contributed by atoms with E-state index in [1.807, 2.05) is 11.3 Å². The van der Waals surface area contributed by atoms with Crippen LogP contribution < -0.4 is 5.32 Å². The minimum absolute atomic E-state index is 0.737. The normalized spacial score (nSPS) is 27.3. The molecule has 0 bridgehead atoms. The summed E-state index contributed by atoms with van der Waals surface area (Å²) >= 11 is 1.82. The summed E-state index contributed by atoms with van der Waals surface area (Å²) in [6, 6.07) is 3.01. The van der Waals surface area contributed by atoms with Crippen LogP contribution in [0.15, 0.2) is 16.8 Å². The third kappa shape index (κ3) is 3.80. The van der Waals surface area contributed by atoms with Crippen LogP contribution in [-0.2, 0) is 6.54 Å². The van der Waals surface area contributed by atoms with Gasteiger partial charge < -0.3 is 5.32 Å². The molecule has 2 heterocycles. The van der Waals surface area contributed by atoms with Gasteiger partial charge in [-0.15, -0.1) is 0 Å². The van der Waals surface area contributed by atoms with Crippen molar-refractivity contribution in [1.29, 1.82) is 0 Å². The number of thiophene rings is 1. The highest BCUT2D eigenvalue weighted by Crippen LogP contribution is 2.27. The Morgan fingerprint density at radius 1 is 1.21 bits per heavy atom. The van der Waals surface area contributed by atoms with Crippen LogP contribution in [-0.4, -0.2) is 30.6 Å². The Morgan fingerprint density at radius 3 is 2.89 bits per heavy atom. The summed E-state index contributed by atoms with van der Waals surface area (Å²) in [6.45, 7) is 4.86. The van der Waals surface area contributed by atoms with Crippen molar-refractivity contribution >= 4 is 11.3 Å². The molecule has 0 spiro atoms. The predicted molar refractivity (Wildman–Crippen MR) is 82.6 cm³/mol. The van der Waals surface area contributed by atoms with Gasteiger partial charge in [-0.1, -0.05) is 19.3 Å². The van der Waals surface area contributed by atoms with E-state index in [2.05, 4.69) is 27.0 Å². The summed E-state index contributed by atoms with van der Waals surface area (Å²) in [5.41, 5.74) is 1.49. The maximum Gasteiger partial charge on any atom is 0.0242 e. The number of rotatable bonds is 3. The second kappa shape index (κ2) is 6.87. The van der Waals surface area contributed by atoms with Crippen LogP contribution in [0.3, 0.4) is 0 Å². The Bertz CT molecular complexity index is 357. The van der Waals surface area contributed by atoms with Gasteiger partial charge in [-0.25, -0.2) is 0 Å². The van der Waals surface area contributed by atoms with E-state index in [4.69, 9.17) is 0 Å². The van der Waals surface area contributed by atoms with Crippen molar-refractivity contribution < 1.29 is 0 Å². The number of hydrogen-bond acceptors (Lipinski definition) is 3. The summed E-state index contributed by atoms with van der Waals surface area (Å²) in [6.07, 6.45) is 8.56. The quantitative estimate of drug-likeness (QED) is 0.910. The molecule has 2 aliphatic rings. The van der Waals surface area contributed by atoms with Crippen LogP contribution in [0.25, 0.3) is 0 Å². The lowest BCUT2D eigenvalue weighted by Crippen LogP contribution is -2.43. The van der Waals surface area contributed by atoms with Gasteiger partial charge in [0.25, 0.3) is 0 Å². The van der Waals surface area contributed by atoms with Crippen molar-refractivity contribution in [2.45, 2.75) is 51.1 Å². The fourth-order valence-electron chi connectivity index (χ4n) is 3.66. The molecular weight excluding hydrogens is 252 g/mol. The first kappa shape index (κ1) is 13.6. The Balaban J connectivity index is 1.58. The third-order valence-corrected chi connectivity index (χ3v) is 5.45. The van der Waals surface area contributed by atoms with Crippen LogP contribution in [0, 0.1) is 5.92 Å². The molecule has 2 fully saturated rings. The minimum Gasteiger partial charge on any atom is -0.312 e. The molecule has 1 N–H and O–H groups in total. The summed E-state index contributed by atoms with van der Waals surface area (Å²) in [4.78, 5) is 2.67. The van der Waals surface area contributed by atoms with Gasteiger partial charge in [0, 0.05) is 19.1 Å². The molecule has 1 aromatic heterocycles. The molecule has 1 aromatic rings. The minimum atomic E-state index is 0.737. The molecule has 1 saturated carbocycles. The molecule has 1 saturated heterocycles. The van der Waals surface area contributed by atoms with Gasteiger partial charge in [0.2, 0.25) is 0 Å². The van der Waals surface area contributed by atoms with Gasteiger partial charge >= 0.3 is 0 Å². The highest BCUT2D eigenvalue weighted by atomic mass is 32.1. The van der Waals surface area contributed by atoms with E-state index < -0.39 is 0 Å². The fourth-order valence-corrected chi connectivity index (χ4v) is 4.32. The van der Waals surface area contributed by atoms with Crippen LogP contribution >= 0.6 is 11.3 Å². The lowest BCUT2D eigenvalue weighted by atomic mass is 9.83. The van der Waals surface area contributed by atoms with Gasteiger partial charge in [-0.2, -0.15) is 11.3 Å². The average Bonchev–Trinajstić information content (AvgIpc) is 2.84. The van der Waals surface area contributed by atoms with Gasteiger partial charge in [0.15, 0.2) is 0 Å². The lowest BCUT2D eigenvalue weighted by molar-refractivity contribution is 0.201. The number of hydrogen-bond donors (Lipinski definition) is 1. The summed E-state index contributed by atoms with van der Waals surface area (Å²) in [5, 5.41) is 8.32. The fraction of sp³-hybridized carbons (Fsp3) is 0.750. The Labute approximate surface area is 121 Å². The second-order valence-corrected chi connectivity index (χ2v) is 6.96. The Kier molecular flexibility index (Phi) is 4.91. The molecule has 3 rings (SSSR count). The molecule has 0 radical (unpaired) electrons. The molecule has 106 valence electrons. The van der Waals surface area contributed by atoms with Crippen molar-refractivity contribution in [1.82, 2.24) is 10.2 Å². The maximum absolute atomic E-state index is 3.82. The van der Waals surface area contributed by atoms with E-state index in [1.54, 1.807) is 0 Å². The molecule has 3 heteroatoms. The van der Waals surface area contributed by atoms with E-state index >= 15 is 0 Å². The monoisotopic (exact) mass is 278 g/mol. The lowest BCUT2D eigenvalue weighted by Gasteiger charge is -2.32. The first-order chi connectivity index (χ1) is 9.42. The van der Waals surface area contributed by atoms with E-state index in [1.165, 1.54) is 63.7 Å². The smallest absolute Gasteiger partial charge is 0.0242 e. The SMILES string of the molecule is c1cc(CN2CCCNC(C3CCCCC3)C2)cs1. The Hall–Kier alpha value is -0.380. The van der Waals surface area contributed by atoms with E-state index in [-0.39, 0.29) is 0 Å². The van der Waals surface area contributed by atoms with Crippen LogP contribution in [0.4, 0.5) is 0 Å². The molecule has 1 aliphatic heterocycles. The zero-order chi connectivity index (χ0) is 12.9. The third-order valence-electron chi connectivity index (χ3n) is 4.72. The summed E-state index contributed by atoms with van der Waals surface area (Å²) < 4.78 is 0. The van der Waals surface area contributed by atoms with Crippen molar-refractivity contribution in [2.24, 2.45) is 5.92 Å². The molecule has 1 unspecified atom stereocenters. The van der Waals surface area contributed by atoms with Gasteiger partial charge in [-0.05, 0) is 60.7 Å². The average molecular weight is 278 g/mol. The highest BCUT2D eigenvalue weighted by molar-refractivity contribution is 7.07. The van der Waals surface area contributed by atoms with E-state index in [9.17, 15) is 0 Å². The van der Waals surface area contributed by atoms with E-state index in [0.717, 1.165) is 18.5 Å². The standard InChI is InChI=1S/C16H26N2S/c1-2-5-15(6-3-1)16-12-18(9-4-8-17-16)11-14-7-10-19-13-14/h7,10,13,15-17H,1-6,8-9,11-12H2. The number of nitrogens with zero attached hydrogens (tertiary/aromatic N) is 1. The highest BCUT2D eigenvalue weighted by Gasteiger charge is 2.26. The van der Waals surface area contributed by atoms with Gasteiger partial charge in [-0.3, -0.25) is 4.90 Å². The van der Waals surface area contributed by atoms with Gasteiger partial charge in [0.1, 0.15) is 0 Å². The van der Waals surface area contributed by atoms with Crippen molar-refractivity contribution in [3.05, 3.63) is 22.4 Å². The van der Waals surface area contributed by atoms with Crippen LogP contribution in [0.1, 0.15) is 44.1 Å². The molecule has 1 aliphatic carbocycles. The van der Waals surface area contributed by atoms with Gasteiger partial charge in [0.05, 0.1) is 0 Å². The molecule has 19 heavy (non-hydrogen) atoms. The van der Waals surface area contributed by atoms with E-state index in [0.29, 0.717) is 0 Å².